The highest BCUT2D eigenvalue weighted by molar-refractivity contribution is 5.81. The van der Waals surface area contributed by atoms with E-state index >= 15 is 0 Å². The molecule has 166 valence electrons. The molecule has 2 aliphatic rings. The van der Waals surface area contributed by atoms with E-state index in [0.717, 1.165) is 0 Å². The van der Waals surface area contributed by atoms with Crippen LogP contribution in [0, 0.1) is 23.7 Å². The molecule has 0 saturated heterocycles. The van der Waals surface area contributed by atoms with Gasteiger partial charge in [-0.1, -0.05) is 0 Å². The first-order valence-electron chi connectivity index (χ1n) is 9.85. The van der Waals surface area contributed by atoms with Crippen molar-refractivity contribution in [3.05, 3.63) is 0 Å². The molecule has 2 fully saturated rings. The number of carboxylic acids is 2. The highest BCUT2D eigenvalue weighted by Crippen LogP contribution is 2.34. The number of rotatable bonds is 8. The van der Waals surface area contributed by atoms with Crippen molar-refractivity contribution >= 4 is 17.9 Å². The van der Waals surface area contributed by atoms with E-state index in [2.05, 4.69) is 0 Å². The van der Waals surface area contributed by atoms with Crippen molar-refractivity contribution in [2.75, 3.05) is 6.61 Å². The van der Waals surface area contributed by atoms with Crippen LogP contribution in [0.2, 0.25) is 0 Å². The van der Waals surface area contributed by atoms with Crippen LogP contribution >= 0.6 is 0 Å². The predicted octanol–water partition coefficient (Wildman–Crippen LogP) is 0.938. The number of aliphatic hydroxyl groups is 2. The Labute approximate surface area is 168 Å². The number of hydrogen-bond acceptors (Lipinski definition) is 8. The number of carbonyl (C=O) groups is 3. The van der Waals surface area contributed by atoms with E-state index < -0.39 is 59.6 Å². The molecule has 0 aromatic rings. The quantitative estimate of drug-likeness (QED) is 0.193. The molecular weight excluding hydrogens is 388 g/mol. The van der Waals surface area contributed by atoms with E-state index in [1.165, 1.54) is 13.8 Å². The Bertz CT molecular complexity index is 604. The predicted molar refractivity (Wildman–Crippen MR) is 96.2 cm³/mol. The first kappa shape index (κ1) is 23.5. The molecule has 10 heteroatoms. The van der Waals surface area contributed by atoms with Gasteiger partial charge in [-0.25, -0.2) is 4.89 Å². The number of carbonyl (C=O) groups excluding carboxylic acids is 1. The zero-order valence-corrected chi connectivity index (χ0v) is 16.7. The first-order valence-corrected chi connectivity index (χ1v) is 9.85. The Hall–Kier alpha value is -1.75. The van der Waals surface area contributed by atoms with Gasteiger partial charge in [-0.2, -0.15) is 4.89 Å². The molecule has 6 unspecified atom stereocenters. The number of hydrogen-bond donors (Lipinski definition) is 4. The summed E-state index contributed by atoms with van der Waals surface area (Å²) in [6, 6.07) is 0. The van der Waals surface area contributed by atoms with Crippen LogP contribution in [0.4, 0.5) is 0 Å². The molecular formula is C19H30O10. The van der Waals surface area contributed by atoms with Gasteiger partial charge in [-0.05, 0) is 38.5 Å². The lowest BCUT2D eigenvalue weighted by atomic mass is 9.78. The molecule has 0 aromatic heterocycles. The van der Waals surface area contributed by atoms with E-state index in [0.29, 0.717) is 19.3 Å². The van der Waals surface area contributed by atoms with Gasteiger partial charge in [0.15, 0.2) is 0 Å². The second kappa shape index (κ2) is 9.84. The Morgan fingerprint density at radius 2 is 1.41 bits per heavy atom. The molecule has 29 heavy (non-hydrogen) atoms. The summed E-state index contributed by atoms with van der Waals surface area (Å²) in [6.45, 7) is 2.71. The lowest BCUT2D eigenvalue weighted by Crippen LogP contribution is -2.42. The largest absolute Gasteiger partial charge is 0.481 e. The molecule has 0 bridgehead atoms. The van der Waals surface area contributed by atoms with E-state index in [-0.39, 0.29) is 25.9 Å². The van der Waals surface area contributed by atoms with Gasteiger partial charge < -0.3 is 25.2 Å². The summed E-state index contributed by atoms with van der Waals surface area (Å²) in [6.07, 6.45) is 0.119. The van der Waals surface area contributed by atoms with E-state index in [1.54, 1.807) is 0 Å². The van der Waals surface area contributed by atoms with Crippen molar-refractivity contribution in [3.63, 3.8) is 0 Å². The Balaban J connectivity index is 1.89. The van der Waals surface area contributed by atoms with E-state index in [1.807, 2.05) is 0 Å². The Kier molecular flexibility index (Phi) is 7.98. The van der Waals surface area contributed by atoms with Crippen molar-refractivity contribution in [1.82, 2.24) is 0 Å². The molecule has 2 saturated carbocycles. The normalized spacial score (nSPS) is 33.1. The summed E-state index contributed by atoms with van der Waals surface area (Å²) < 4.78 is 5.26. The molecule has 2 rings (SSSR count). The van der Waals surface area contributed by atoms with Gasteiger partial charge in [-0.15, -0.1) is 0 Å². The molecule has 2 aliphatic carbocycles. The zero-order chi connectivity index (χ0) is 21.8. The maximum atomic E-state index is 12.5. The minimum absolute atomic E-state index is 0.00695. The summed E-state index contributed by atoms with van der Waals surface area (Å²) in [5.74, 6) is -7.49. The molecule has 10 nitrogen and oxygen atoms in total. The molecule has 4 N–H and O–H groups in total. The summed E-state index contributed by atoms with van der Waals surface area (Å²) >= 11 is 0. The highest BCUT2D eigenvalue weighted by Gasteiger charge is 2.42. The van der Waals surface area contributed by atoms with Gasteiger partial charge in [0.1, 0.15) is 0 Å². The molecule has 6 atom stereocenters. The molecule has 0 heterocycles. The molecule has 0 radical (unpaired) electrons. The van der Waals surface area contributed by atoms with Crippen molar-refractivity contribution in [1.29, 1.82) is 0 Å². The summed E-state index contributed by atoms with van der Waals surface area (Å²) in [5, 5.41) is 38.1. The summed E-state index contributed by atoms with van der Waals surface area (Å²) in [7, 11) is 0. The van der Waals surface area contributed by atoms with Crippen molar-refractivity contribution in [3.8, 4) is 0 Å². The smallest absolute Gasteiger partial charge is 0.312 e. The highest BCUT2D eigenvalue weighted by atomic mass is 17.2. The Morgan fingerprint density at radius 3 is 2.00 bits per heavy atom. The van der Waals surface area contributed by atoms with Crippen molar-refractivity contribution < 1.29 is 49.3 Å². The average molecular weight is 418 g/mol. The van der Waals surface area contributed by atoms with Crippen LogP contribution in [-0.2, 0) is 28.9 Å². The van der Waals surface area contributed by atoms with Crippen LogP contribution in [-0.4, -0.2) is 62.9 Å². The van der Waals surface area contributed by atoms with E-state index in [9.17, 15) is 34.8 Å². The van der Waals surface area contributed by atoms with Gasteiger partial charge in [-0.3, -0.25) is 14.4 Å². The number of esters is 1. The number of ether oxygens (including phenoxy) is 1. The average Bonchev–Trinajstić information content (AvgIpc) is 2.60. The van der Waals surface area contributed by atoms with Crippen LogP contribution in [0.5, 0.6) is 0 Å². The first-order chi connectivity index (χ1) is 13.5. The van der Waals surface area contributed by atoms with Crippen molar-refractivity contribution in [2.45, 2.75) is 70.4 Å². The molecule has 0 aliphatic heterocycles. The number of aliphatic carboxylic acids is 2. The van der Waals surface area contributed by atoms with Gasteiger partial charge in [0.2, 0.25) is 5.79 Å². The van der Waals surface area contributed by atoms with Gasteiger partial charge in [0.25, 0.3) is 0 Å². The fraction of sp³-hybridized carbons (Fsp3) is 0.842. The minimum atomic E-state index is -1.55. The second-order valence-electron chi connectivity index (χ2n) is 8.38. The summed E-state index contributed by atoms with van der Waals surface area (Å²) in [4.78, 5) is 45.5. The van der Waals surface area contributed by atoms with Crippen LogP contribution < -0.4 is 0 Å². The van der Waals surface area contributed by atoms with Crippen LogP contribution in [0.25, 0.3) is 0 Å². The standard InChI is InChI=1S/C19H30O10/c1-19(2,28-18(26)15-8-12(21)4-6-14(15)17(24)25)29-27-9-10-7-11(20)3-5-13(10)16(22)23/h10-15,20-21H,3-9H2,1-2H3,(H,22,23)(H,24,25). The maximum Gasteiger partial charge on any atom is 0.312 e. The Morgan fingerprint density at radius 1 is 0.862 bits per heavy atom. The third-order valence-electron chi connectivity index (χ3n) is 5.60. The van der Waals surface area contributed by atoms with Gasteiger partial charge in [0, 0.05) is 19.8 Å². The zero-order valence-electron chi connectivity index (χ0n) is 16.7. The van der Waals surface area contributed by atoms with Crippen molar-refractivity contribution in [2.24, 2.45) is 23.7 Å². The second-order valence-corrected chi connectivity index (χ2v) is 8.38. The fourth-order valence-electron chi connectivity index (χ4n) is 4.05. The van der Waals surface area contributed by atoms with Crippen LogP contribution in [0.1, 0.15) is 52.4 Å². The monoisotopic (exact) mass is 418 g/mol. The maximum absolute atomic E-state index is 12.5. The topological polar surface area (TPSA) is 160 Å². The number of aliphatic hydroxyl groups excluding tert-OH is 2. The lowest BCUT2D eigenvalue weighted by Gasteiger charge is -2.34. The van der Waals surface area contributed by atoms with Gasteiger partial charge >= 0.3 is 17.9 Å². The minimum Gasteiger partial charge on any atom is -0.481 e. The van der Waals surface area contributed by atoms with Crippen LogP contribution in [0.3, 0.4) is 0 Å². The molecule has 0 spiro atoms. The molecule has 0 amide bonds. The van der Waals surface area contributed by atoms with Gasteiger partial charge in [0.05, 0.1) is 36.6 Å². The molecule has 0 aromatic carbocycles. The van der Waals surface area contributed by atoms with Crippen LogP contribution in [0.15, 0.2) is 0 Å². The summed E-state index contributed by atoms with van der Waals surface area (Å²) in [5.41, 5.74) is 0. The fourth-order valence-corrected chi connectivity index (χ4v) is 4.05. The number of carboxylic acid groups (broad SMARTS) is 2. The van der Waals surface area contributed by atoms with E-state index in [4.69, 9.17) is 14.5 Å². The SMILES string of the molecule is CC(C)(OOCC1CC(O)CCC1C(=O)O)OC(=O)C1CC(O)CCC1C(=O)O. The lowest BCUT2D eigenvalue weighted by molar-refractivity contribution is -0.413. The third-order valence-corrected chi connectivity index (χ3v) is 5.60. The third kappa shape index (κ3) is 6.63.